The van der Waals surface area contributed by atoms with E-state index in [1.807, 2.05) is 13.8 Å². The predicted molar refractivity (Wildman–Crippen MR) is 106 cm³/mol. The Morgan fingerprint density at radius 2 is 1.52 bits per heavy atom. The standard InChI is InChI=1S/C10H17NO4.C9H15NO4/c1-7(2)9(12)14-5-6-15-10(13)11-8(3)4;1-4-8(11)13-6-5-10-9(12)14-7(2)3/h8H,1,5-6H2,2-4H3,(H,11,13);4,7H,1,5-6H2,2-3H3,(H,10,12). The van der Waals surface area contributed by atoms with Gasteiger partial charge < -0.3 is 29.6 Å². The molecule has 0 aliphatic carbocycles. The van der Waals surface area contributed by atoms with Gasteiger partial charge in [0.1, 0.15) is 19.8 Å². The lowest BCUT2D eigenvalue weighted by Gasteiger charge is -2.09. The molecule has 0 aromatic rings. The molecular formula is C19H32N2O8. The molecule has 0 saturated heterocycles. The average molecular weight is 416 g/mol. The van der Waals surface area contributed by atoms with Gasteiger partial charge in [-0.2, -0.15) is 0 Å². The highest BCUT2D eigenvalue weighted by atomic mass is 16.6. The molecule has 0 radical (unpaired) electrons. The van der Waals surface area contributed by atoms with Crippen molar-refractivity contribution >= 4 is 24.1 Å². The van der Waals surface area contributed by atoms with Gasteiger partial charge in [-0.05, 0) is 34.6 Å². The summed E-state index contributed by atoms with van der Waals surface area (Å²) in [6.07, 6.45) is -0.136. The summed E-state index contributed by atoms with van der Waals surface area (Å²) in [5.74, 6) is -0.994. The molecular weight excluding hydrogens is 384 g/mol. The van der Waals surface area contributed by atoms with Crippen molar-refractivity contribution in [2.45, 2.75) is 46.8 Å². The van der Waals surface area contributed by atoms with Crippen LogP contribution in [0.1, 0.15) is 34.6 Å². The Morgan fingerprint density at radius 1 is 0.931 bits per heavy atom. The molecule has 0 saturated carbocycles. The van der Waals surface area contributed by atoms with Crippen molar-refractivity contribution in [3.63, 3.8) is 0 Å². The second-order valence-electron chi connectivity index (χ2n) is 6.10. The number of alkyl carbamates (subject to hydrolysis) is 2. The van der Waals surface area contributed by atoms with Crippen LogP contribution in [0.25, 0.3) is 0 Å². The Balaban J connectivity index is 0. The van der Waals surface area contributed by atoms with E-state index < -0.39 is 24.1 Å². The summed E-state index contributed by atoms with van der Waals surface area (Å²) in [6, 6.07) is 0.0236. The van der Waals surface area contributed by atoms with E-state index in [0.717, 1.165) is 6.08 Å². The van der Waals surface area contributed by atoms with Gasteiger partial charge in [-0.15, -0.1) is 0 Å². The molecule has 0 aromatic heterocycles. The van der Waals surface area contributed by atoms with Crippen molar-refractivity contribution in [1.82, 2.24) is 10.6 Å². The first kappa shape index (κ1) is 28.2. The van der Waals surface area contributed by atoms with E-state index in [1.54, 1.807) is 20.8 Å². The minimum atomic E-state index is -0.519. The Hall–Kier alpha value is -3.04. The lowest BCUT2D eigenvalue weighted by molar-refractivity contribution is -0.140. The van der Waals surface area contributed by atoms with Gasteiger partial charge >= 0.3 is 24.1 Å². The molecule has 0 aliphatic heterocycles. The number of nitrogens with one attached hydrogen (secondary N) is 2. The number of carbonyl (C=O) groups excluding carboxylic acids is 4. The van der Waals surface area contributed by atoms with E-state index in [1.165, 1.54) is 0 Å². The fourth-order valence-corrected chi connectivity index (χ4v) is 1.29. The van der Waals surface area contributed by atoms with Gasteiger partial charge in [0.25, 0.3) is 0 Å². The molecule has 0 spiro atoms. The Bertz CT molecular complexity index is 558. The molecule has 2 N–H and O–H groups in total. The van der Waals surface area contributed by atoms with E-state index in [2.05, 4.69) is 28.5 Å². The highest BCUT2D eigenvalue weighted by Gasteiger charge is 2.06. The third kappa shape index (κ3) is 21.1. The molecule has 10 nitrogen and oxygen atoms in total. The van der Waals surface area contributed by atoms with Gasteiger partial charge in [-0.1, -0.05) is 13.2 Å². The molecule has 0 heterocycles. The maximum absolute atomic E-state index is 10.9. The van der Waals surface area contributed by atoms with Crippen molar-refractivity contribution in [2.75, 3.05) is 26.4 Å². The number of amides is 2. The van der Waals surface area contributed by atoms with Crippen LogP contribution in [0, 0.1) is 0 Å². The van der Waals surface area contributed by atoms with Gasteiger partial charge in [0.15, 0.2) is 0 Å². The molecule has 29 heavy (non-hydrogen) atoms. The van der Waals surface area contributed by atoms with Gasteiger partial charge in [0, 0.05) is 17.7 Å². The van der Waals surface area contributed by atoms with Gasteiger partial charge in [0.2, 0.25) is 0 Å². The summed E-state index contributed by atoms with van der Waals surface area (Å²) in [7, 11) is 0. The number of ether oxygens (including phenoxy) is 4. The van der Waals surface area contributed by atoms with Crippen molar-refractivity contribution in [3.05, 3.63) is 24.8 Å². The lowest BCUT2D eigenvalue weighted by atomic mass is 10.4. The third-order valence-electron chi connectivity index (χ3n) is 2.43. The van der Waals surface area contributed by atoms with Crippen molar-refractivity contribution in [1.29, 1.82) is 0 Å². The SMILES string of the molecule is C=C(C)C(=O)OCCOC(=O)NC(C)C.C=CC(=O)OCCNC(=O)OC(C)C. The maximum atomic E-state index is 10.9. The molecule has 0 fully saturated rings. The molecule has 2 amide bonds. The molecule has 0 aliphatic rings. The number of carbonyl (C=O) groups is 4. The van der Waals surface area contributed by atoms with Gasteiger partial charge in [0.05, 0.1) is 12.6 Å². The zero-order valence-electron chi connectivity index (χ0n) is 17.7. The van der Waals surface area contributed by atoms with E-state index in [4.69, 9.17) is 14.2 Å². The molecule has 0 atom stereocenters. The minimum Gasteiger partial charge on any atom is -0.461 e. The zero-order chi connectivity index (χ0) is 22.8. The first-order valence-electron chi connectivity index (χ1n) is 8.99. The summed E-state index contributed by atoms with van der Waals surface area (Å²) in [6.45, 7) is 15.7. The maximum Gasteiger partial charge on any atom is 0.407 e. The van der Waals surface area contributed by atoms with E-state index >= 15 is 0 Å². The van der Waals surface area contributed by atoms with Crippen molar-refractivity contribution in [2.24, 2.45) is 0 Å². The van der Waals surface area contributed by atoms with E-state index in [0.29, 0.717) is 5.57 Å². The Kier molecular flexibility index (Phi) is 16.6. The monoisotopic (exact) mass is 416 g/mol. The molecule has 10 heteroatoms. The summed E-state index contributed by atoms with van der Waals surface area (Å²) in [4.78, 5) is 43.3. The van der Waals surface area contributed by atoms with Crippen molar-refractivity contribution < 1.29 is 38.1 Å². The number of hydrogen-bond donors (Lipinski definition) is 2. The van der Waals surface area contributed by atoms with Crippen LogP contribution in [-0.2, 0) is 28.5 Å². The van der Waals surface area contributed by atoms with Crippen LogP contribution in [-0.4, -0.2) is 62.6 Å². The highest BCUT2D eigenvalue weighted by molar-refractivity contribution is 5.86. The quantitative estimate of drug-likeness (QED) is 0.240. The van der Waals surface area contributed by atoms with Crippen LogP contribution in [0.4, 0.5) is 9.59 Å². The number of esters is 2. The molecule has 0 unspecified atom stereocenters. The summed E-state index contributed by atoms with van der Waals surface area (Å²) < 4.78 is 18.8. The average Bonchev–Trinajstić information content (AvgIpc) is 2.61. The van der Waals surface area contributed by atoms with Gasteiger partial charge in [-0.3, -0.25) is 0 Å². The first-order valence-corrected chi connectivity index (χ1v) is 8.99. The predicted octanol–water partition coefficient (Wildman–Crippen LogP) is 2.09. The normalized spacial score (nSPS) is 9.48. The van der Waals surface area contributed by atoms with Crippen LogP contribution < -0.4 is 10.6 Å². The fourth-order valence-electron chi connectivity index (χ4n) is 1.29. The van der Waals surface area contributed by atoms with E-state index in [-0.39, 0.29) is 38.5 Å². The highest BCUT2D eigenvalue weighted by Crippen LogP contribution is 1.92. The summed E-state index contributed by atoms with van der Waals surface area (Å²) in [5.41, 5.74) is 0.321. The molecule has 0 aromatic carbocycles. The number of rotatable bonds is 10. The Morgan fingerprint density at radius 3 is 2.00 bits per heavy atom. The van der Waals surface area contributed by atoms with Crippen LogP contribution >= 0.6 is 0 Å². The lowest BCUT2D eigenvalue weighted by Crippen LogP contribution is -2.31. The van der Waals surface area contributed by atoms with Crippen LogP contribution in [0.15, 0.2) is 24.8 Å². The molecule has 0 rings (SSSR count). The smallest absolute Gasteiger partial charge is 0.407 e. The molecule has 166 valence electrons. The van der Waals surface area contributed by atoms with E-state index in [9.17, 15) is 19.2 Å². The fraction of sp³-hybridized carbons (Fsp3) is 0.579. The van der Waals surface area contributed by atoms with Gasteiger partial charge in [-0.25, -0.2) is 19.2 Å². The number of hydrogen-bond acceptors (Lipinski definition) is 8. The Labute approximate surface area is 171 Å². The second-order valence-corrected chi connectivity index (χ2v) is 6.10. The summed E-state index contributed by atoms with van der Waals surface area (Å²) in [5, 5.41) is 4.96. The zero-order valence-corrected chi connectivity index (χ0v) is 17.7. The van der Waals surface area contributed by atoms with Crippen LogP contribution in [0.3, 0.4) is 0 Å². The van der Waals surface area contributed by atoms with Crippen molar-refractivity contribution in [3.8, 4) is 0 Å². The minimum absolute atomic E-state index is 0.0236. The van der Waals surface area contributed by atoms with Crippen LogP contribution in [0.2, 0.25) is 0 Å². The van der Waals surface area contributed by atoms with Crippen LogP contribution in [0.5, 0.6) is 0 Å². The third-order valence-corrected chi connectivity index (χ3v) is 2.43. The topological polar surface area (TPSA) is 129 Å². The molecule has 0 bridgehead atoms. The second kappa shape index (κ2) is 17.1. The largest absolute Gasteiger partial charge is 0.461 e. The first-order chi connectivity index (χ1) is 13.5. The summed E-state index contributed by atoms with van der Waals surface area (Å²) >= 11 is 0.